The van der Waals surface area contributed by atoms with Crippen LogP contribution in [-0.4, -0.2) is 82.7 Å². The molecule has 6 rings (SSSR count). The number of likely N-dealkylation sites (tertiary alicyclic amines) is 1. The van der Waals surface area contributed by atoms with Crippen LogP contribution in [-0.2, 0) is 21.2 Å². The summed E-state index contributed by atoms with van der Waals surface area (Å²) >= 11 is 1.25. The number of sulfonamides is 1. The summed E-state index contributed by atoms with van der Waals surface area (Å²) in [6.45, 7) is 3.67. The van der Waals surface area contributed by atoms with Crippen LogP contribution >= 0.6 is 11.3 Å². The third-order valence-corrected chi connectivity index (χ3v) is 11.0. The molecule has 0 atom stereocenters. The number of aliphatic hydroxyl groups excluding tert-OH is 1. The van der Waals surface area contributed by atoms with E-state index in [0.29, 0.717) is 27.4 Å². The number of hydrogen-bond acceptors (Lipinski definition) is 9. The van der Waals surface area contributed by atoms with Crippen molar-refractivity contribution >= 4 is 42.8 Å². The molecule has 3 aromatic rings. The zero-order valence-electron chi connectivity index (χ0n) is 25.2. The summed E-state index contributed by atoms with van der Waals surface area (Å²) in [7, 11) is -3.98. The Morgan fingerprint density at radius 3 is 2.54 bits per heavy atom. The van der Waals surface area contributed by atoms with Gasteiger partial charge in [0.2, 0.25) is 10.0 Å². The first kappa shape index (κ1) is 32.9. The highest BCUT2D eigenvalue weighted by molar-refractivity contribution is 7.89. The molecule has 46 heavy (non-hydrogen) atoms. The van der Waals surface area contributed by atoms with E-state index in [4.69, 9.17) is 19.7 Å². The molecule has 5 N–H and O–H groups in total. The van der Waals surface area contributed by atoms with E-state index < -0.39 is 22.6 Å². The Hall–Kier alpha value is -3.06. The summed E-state index contributed by atoms with van der Waals surface area (Å²) in [6, 6.07) is 10.3. The fourth-order valence-electron chi connectivity index (χ4n) is 6.58. The Morgan fingerprint density at radius 2 is 1.89 bits per heavy atom. The Morgan fingerprint density at radius 1 is 1.13 bits per heavy atom. The van der Waals surface area contributed by atoms with Crippen molar-refractivity contribution in [2.45, 2.75) is 55.3 Å². The van der Waals surface area contributed by atoms with Gasteiger partial charge in [0.05, 0.1) is 58.6 Å². The van der Waals surface area contributed by atoms with Crippen LogP contribution in [0.3, 0.4) is 0 Å². The van der Waals surface area contributed by atoms with Crippen LogP contribution in [0, 0.1) is 17.3 Å². The van der Waals surface area contributed by atoms with Gasteiger partial charge in [-0.05, 0) is 54.8 Å². The van der Waals surface area contributed by atoms with Crippen molar-refractivity contribution < 1.29 is 36.2 Å². The number of nitrogens with one attached hydrogen (secondary N) is 2. The topological polar surface area (TPSA) is 126 Å². The molecule has 3 aliphatic rings. The number of thiophene rings is 1. The predicted octanol–water partition coefficient (Wildman–Crippen LogP) is 4.54. The van der Waals surface area contributed by atoms with E-state index in [-0.39, 0.29) is 42.0 Å². The zero-order valence-corrected chi connectivity index (χ0v) is 26.8. The number of ether oxygens (including phenoxy) is 2. The molecule has 1 spiro atoms. The molecule has 0 amide bonds. The highest BCUT2D eigenvalue weighted by Crippen LogP contribution is 2.42. The SMILES string of the molecule is NS(=O)(=O)c1ccc(NCC#Cc2sc3c(NC4CCC(N5CC6(COC6)C5)CC4)cccc3c2CC(F)(F)F)c(OCCO)c1. The maximum absolute atomic E-state index is 13.7. The number of benzene rings is 2. The molecular formula is C32H37F3N4O5S2. The number of hydrogen-bond donors (Lipinski definition) is 4. The average Bonchev–Trinajstić information content (AvgIpc) is 3.30. The van der Waals surface area contributed by atoms with Gasteiger partial charge in [0.1, 0.15) is 12.4 Å². The van der Waals surface area contributed by atoms with Crippen molar-refractivity contribution in [2.24, 2.45) is 10.6 Å². The molecule has 2 aliphatic heterocycles. The molecule has 2 aromatic carbocycles. The van der Waals surface area contributed by atoms with Crippen molar-refractivity contribution in [3.63, 3.8) is 0 Å². The molecule has 1 saturated carbocycles. The van der Waals surface area contributed by atoms with Crippen LogP contribution in [0.25, 0.3) is 10.1 Å². The molecule has 2 saturated heterocycles. The molecule has 3 heterocycles. The number of rotatable bonds is 10. The van der Waals surface area contributed by atoms with Gasteiger partial charge in [-0.1, -0.05) is 24.0 Å². The Labute approximate surface area is 270 Å². The van der Waals surface area contributed by atoms with Crippen molar-refractivity contribution in [1.29, 1.82) is 0 Å². The van der Waals surface area contributed by atoms with E-state index in [1.165, 1.54) is 29.5 Å². The van der Waals surface area contributed by atoms with Crippen LogP contribution in [0.2, 0.25) is 0 Å². The lowest BCUT2D eigenvalue weighted by molar-refractivity contribution is -0.200. The van der Waals surface area contributed by atoms with Crippen molar-refractivity contribution in [2.75, 3.05) is 56.7 Å². The van der Waals surface area contributed by atoms with Gasteiger partial charge < -0.3 is 25.2 Å². The minimum Gasteiger partial charge on any atom is -0.489 e. The van der Waals surface area contributed by atoms with Crippen molar-refractivity contribution in [3.8, 4) is 17.6 Å². The van der Waals surface area contributed by atoms with Crippen molar-refractivity contribution in [3.05, 3.63) is 46.8 Å². The van der Waals surface area contributed by atoms with Crippen molar-refractivity contribution in [1.82, 2.24) is 4.90 Å². The third kappa shape index (κ3) is 7.40. The lowest BCUT2D eigenvalue weighted by Gasteiger charge is -2.58. The average molecular weight is 679 g/mol. The predicted molar refractivity (Wildman–Crippen MR) is 172 cm³/mol. The summed E-state index contributed by atoms with van der Waals surface area (Å²) in [5, 5.41) is 21.5. The number of primary sulfonamides is 1. The van der Waals surface area contributed by atoms with E-state index in [1.54, 1.807) is 12.1 Å². The largest absolute Gasteiger partial charge is 0.489 e. The van der Waals surface area contributed by atoms with Crippen LogP contribution < -0.4 is 20.5 Å². The molecule has 248 valence electrons. The number of anilines is 2. The fourth-order valence-corrected chi connectivity index (χ4v) is 8.28. The Balaban J connectivity index is 1.16. The maximum atomic E-state index is 13.7. The first-order chi connectivity index (χ1) is 21.9. The van der Waals surface area contributed by atoms with Gasteiger partial charge in [-0.3, -0.25) is 4.90 Å². The zero-order chi connectivity index (χ0) is 32.5. The molecule has 0 unspecified atom stereocenters. The minimum atomic E-state index is -4.41. The highest BCUT2D eigenvalue weighted by atomic mass is 32.2. The highest BCUT2D eigenvalue weighted by Gasteiger charge is 2.50. The molecule has 9 nitrogen and oxygen atoms in total. The van der Waals surface area contributed by atoms with E-state index in [9.17, 15) is 21.6 Å². The summed E-state index contributed by atoms with van der Waals surface area (Å²) < 4.78 is 76.3. The van der Waals surface area contributed by atoms with E-state index in [2.05, 4.69) is 27.4 Å². The van der Waals surface area contributed by atoms with Gasteiger partial charge in [0, 0.05) is 36.7 Å². The van der Waals surface area contributed by atoms with Crippen LogP contribution in [0.4, 0.5) is 24.5 Å². The third-order valence-electron chi connectivity index (χ3n) is 8.86. The minimum absolute atomic E-state index is 0.0451. The number of halogens is 3. The second-order valence-corrected chi connectivity index (χ2v) is 14.9. The monoisotopic (exact) mass is 678 g/mol. The summed E-state index contributed by atoms with van der Waals surface area (Å²) in [6.07, 6.45) is -1.30. The Bertz CT molecular complexity index is 1730. The number of fused-ring (bicyclic) bond motifs is 1. The molecule has 14 heteroatoms. The van der Waals surface area contributed by atoms with Gasteiger partial charge in [0.25, 0.3) is 0 Å². The first-order valence-electron chi connectivity index (χ1n) is 15.3. The molecule has 0 radical (unpaired) electrons. The number of nitrogens with two attached hydrogens (primary N) is 1. The summed E-state index contributed by atoms with van der Waals surface area (Å²) in [4.78, 5) is 2.76. The normalized spacial score (nSPS) is 21.2. The van der Waals surface area contributed by atoms with E-state index >= 15 is 0 Å². The fraction of sp³-hybridized carbons (Fsp3) is 0.500. The van der Waals surface area contributed by atoms with E-state index in [1.807, 2.05) is 6.07 Å². The quantitative estimate of drug-likeness (QED) is 0.231. The lowest BCUT2D eigenvalue weighted by atomic mass is 9.75. The second kappa shape index (κ2) is 13.2. The molecule has 3 fully saturated rings. The number of alkyl halides is 3. The van der Waals surface area contributed by atoms with Crippen LogP contribution in [0.5, 0.6) is 5.75 Å². The van der Waals surface area contributed by atoms with Gasteiger partial charge >= 0.3 is 6.18 Å². The second-order valence-electron chi connectivity index (χ2n) is 12.4. The lowest BCUT2D eigenvalue weighted by Crippen LogP contribution is -2.68. The smallest absolute Gasteiger partial charge is 0.393 e. The standard InChI is InChI=1S/C32H37F3N4O5S2/c33-32(34,35)16-25-24-3-1-4-27(38-21-6-8-22(9-7-21)39-17-31(18-39)19-43-20-31)30(24)45-29(25)5-2-12-37-26-11-10-23(46(36,41)42)15-28(26)44-14-13-40/h1,3-4,10-11,15,21-22,37-38,40H,6-9,12-14,16-20H2,(H2,36,41,42). The first-order valence-corrected chi connectivity index (χ1v) is 17.6. The number of aliphatic hydroxyl groups is 1. The molecule has 1 aromatic heterocycles. The Kier molecular flexibility index (Phi) is 9.44. The van der Waals surface area contributed by atoms with Gasteiger partial charge in [-0.2, -0.15) is 13.2 Å². The van der Waals surface area contributed by atoms with Gasteiger partial charge in [0.15, 0.2) is 0 Å². The van der Waals surface area contributed by atoms with Crippen LogP contribution in [0.15, 0.2) is 41.3 Å². The number of nitrogens with zero attached hydrogens (tertiary/aromatic N) is 1. The van der Waals surface area contributed by atoms with Crippen LogP contribution in [0.1, 0.15) is 36.1 Å². The molecular weight excluding hydrogens is 642 g/mol. The summed E-state index contributed by atoms with van der Waals surface area (Å²) in [5.74, 6) is 5.99. The maximum Gasteiger partial charge on any atom is 0.393 e. The van der Waals surface area contributed by atoms with Gasteiger partial charge in [-0.25, -0.2) is 13.6 Å². The molecule has 1 aliphatic carbocycles. The molecule has 0 bridgehead atoms. The van der Waals surface area contributed by atoms with Gasteiger partial charge in [-0.15, -0.1) is 11.3 Å². The van der Waals surface area contributed by atoms with E-state index in [0.717, 1.165) is 62.4 Å². The summed E-state index contributed by atoms with van der Waals surface area (Å²) in [5.41, 5.74) is 1.78.